The van der Waals surface area contributed by atoms with Crippen molar-refractivity contribution in [1.29, 1.82) is 0 Å². The van der Waals surface area contributed by atoms with Gasteiger partial charge in [-0.05, 0) is 36.2 Å². The SMILES string of the molecule is CCCCCc1nc2c(c(=O)c3ccccc3n2C)c(=O)n1Cc1ccc(OC)cc1. The van der Waals surface area contributed by atoms with Gasteiger partial charge in [-0.2, -0.15) is 0 Å². The standard InChI is InChI=1S/C25H27N3O3/c1-4-5-6-11-21-26-24-22(23(29)19-9-7-8-10-20(19)27(24)2)25(30)28(21)16-17-12-14-18(31-3)15-13-17/h7-10,12-15H,4-6,11,16H2,1-3H3. The van der Waals surface area contributed by atoms with Crippen LogP contribution in [0.5, 0.6) is 5.75 Å². The Kier molecular flexibility index (Phi) is 5.89. The summed E-state index contributed by atoms with van der Waals surface area (Å²) in [6.45, 7) is 2.51. The number of fused-ring (bicyclic) bond motifs is 2. The summed E-state index contributed by atoms with van der Waals surface area (Å²) in [6.07, 6.45) is 3.78. The molecule has 0 amide bonds. The van der Waals surface area contributed by atoms with Crippen LogP contribution in [-0.4, -0.2) is 21.2 Å². The van der Waals surface area contributed by atoms with E-state index in [2.05, 4.69) is 6.92 Å². The summed E-state index contributed by atoms with van der Waals surface area (Å²) in [7, 11) is 3.48. The minimum absolute atomic E-state index is 0.147. The van der Waals surface area contributed by atoms with Crippen LogP contribution in [-0.2, 0) is 20.0 Å². The summed E-state index contributed by atoms with van der Waals surface area (Å²) in [5.74, 6) is 1.48. The van der Waals surface area contributed by atoms with Gasteiger partial charge >= 0.3 is 0 Å². The fraction of sp³-hybridized carbons (Fsp3) is 0.320. The number of methoxy groups -OCH3 is 1. The molecule has 2 aromatic heterocycles. The van der Waals surface area contributed by atoms with E-state index in [4.69, 9.17) is 9.72 Å². The molecule has 0 bridgehead atoms. The zero-order valence-corrected chi connectivity index (χ0v) is 18.2. The van der Waals surface area contributed by atoms with Crippen molar-refractivity contribution in [2.45, 2.75) is 39.2 Å². The summed E-state index contributed by atoms with van der Waals surface area (Å²) in [4.78, 5) is 31.7. The number of aryl methyl sites for hydroxylation is 2. The van der Waals surface area contributed by atoms with Gasteiger partial charge in [0.2, 0.25) is 5.43 Å². The summed E-state index contributed by atoms with van der Waals surface area (Å²) in [6, 6.07) is 15.0. The van der Waals surface area contributed by atoms with Crippen LogP contribution in [0.1, 0.15) is 37.6 Å². The molecular weight excluding hydrogens is 390 g/mol. The number of pyridine rings is 1. The maximum atomic E-state index is 13.6. The van der Waals surface area contributed by atoms with Gasteiger partial charge in [0.1, 0.15) is 17.0 Å². The Bertz CT molecular complexity index is 1350. The second-order valence-corrected chi connectivity index (χ2v) is 7.83. The van der Waals surface area contributed by atoms with E-state index in [9.17, 15) is 9.59 Å². The van der Waals surface area contributed by atoms with Crippen molar-refractivity contribution in [3.05, 3.63) is 80.5 Å². The molecule has 0 N–H and O–H groups in total. The molecule has 2 aromatic carbocycles. The van der Waals surface area contributed by atoms with Crippen LogP contribution in [0.25, 0.3) is 21.9 Å². The van der Waals surface area contributed by atoms with Gasteiger partial charge in [0.15, 0.2) is 5.65 Å². The summed E-state index contributed by atoms with van der Waals surface area (Å²) in [5, 5.41) is 0.681. The fourth-order valence-corrected chi connectivity index (χ4v) is 4.04. The first-order valence-electron chi connectivity index (χ1n) is 10.7. The number of ether oxygens (including phenoxy) is 1. The molecule has 0 atom stereocenters. The number of unbranched alkanes of at least 4 members (excludes halogenated alkanes) is 2. The summed E-state index contributed by atoms with van der Waals surface area (Å²) in [5.41, 5.74) is 1.65. The van der Waals surface area contributed by atoms with Gasteiger partial charge in [-0.3, -0.25) is 14.2 Å². The van der Waals surface area contributed by atoms with Crippen molar-refractivity contribution < 1.29 is 4.74 Å². The topological polar surface area (TPSA) is 66.1 Å². The maximum absolute atomic E-state index is 13.6. The van der Waals surface area contributed by atoms with Gasteiger partial charge in [-0.25, -0.2) is 4.98 Å². The molecule has 31 heavy (non-hydrogen) atoms. The molecule has 0 unspecified atom stereocenters. The first-order chi connectivity index (χ1) is 15.0. The quantitative estimate of drug-likeness (QED) is 0.336. The van der Waals surface area contributed by atoms with Crippen LogP contribution in [0.2, 0.25) is 0 Å². The number of rotatable bonds is 7. The maximum Gasteiger partial charge on any atom is 0.267 e. The third kappa shape index (κ3) is 3.85. The lowest BCUT2D eigenvalue weighted by atomic mass is 10.1. The van der Waals surface area contributed by atoms with E-state index in [0.29, 0.717) is 29.8 Å². The minimum atomic E-state index is -0.279. The van der Waals surface area contributed by atoms with Crippen LogP contribution in [0.3, 0.4) is 0 Å². The molecule has 4 rings (SSSR count). The number of nitrogens with zero attached hydrogens (tertiary/aromatic N) is 3. The van der Waals surface area contributed by atoms with Crippen molar-refractivity contribution in [3.8, 4) is 5.75 Å². The van der Waals surface area contributed by atoms with Gasteiger partial charge in [-0.15, -0.1) is 0 Å². The largest absolute Gasteiger partial charge is 0.497 e. The van der Waals surface area contributed by atoms with E-state index in [1.807, 2.05) is 54.1 Å². The zero-order valence-electron chi connectivity index (χ0n) is 18.2. The Balaban J connectivity index is 1.95. The molecule has 2 heterocycles. The molecule has 6 nitrogen and oxygen atoms in total. The Morgan fingerprint density at radius 3 is 2.45 bits per heavy atom. The van der Waals surface area contributed by atoms with E-state index >= 15 is 0 Å². The molecule has 0 spiro atoms. The molecule has 160 valence electrons. The van der Waals surface area contributed by atoms with Gasteiger partial charge in [-0.1, -0.05) is 44.0 Å². The van der Waals surface area contributed by atoms with Crippen molar-refractivity contribution >= 4 is 21.9 Å². The predicted octanol–water partition coefficient (Wildman–Crippen LogP) is 4.04. The van der Waals surface area contributed by atoms with Crippen LogP contribution in [0.4, 0.5) is 0 Å². The van der Waals surface area contributed by atoms with Crippen LogP contribution in [0, 0.1) is 0 Å². The second-order valence-electron chi connectivity index (χ2n) is 7.83. The highest BCUT2D eigenvalue weighted by atomic mass is 16.5. The molecule has 6 heteroatoms. The Labute approximate surface area is 180 Å². The average Bonchev–Trinajstić information content (AvgIpc) is 2.80. The number of hydrogen-bond acceptors (Lipinski definition) is 4. The molecule has 0 saturated heterocycles. The highest BCUT2D eigenvalue weighted by Crippen LogP contribution is 2.17. The van der Waals surface area contributed by atoms with E-state index < -0.39 is 0 Å². The van der Waals surface area contributed by atoms with Gasteiger partial charge in [0, 0.05) is 18.9 Å². The molecule has 0 aliphatic rings. The lowest BCUT2D eigenvalue weighted by Crippen LogP contribution is -2.31. The molecule has 0 radical (unpaired) electrons. The minimum Gasteiger partial charge on any atom is -0.497 e. The van der Waals surface area contributed by atoms with Crippen molar-refractivity contribution in [3.63, 3.8) is 0 Å². The van der Waals surface area contributed by atoms with Gasteiger partial charge < -0.3 is 9.30 Å². The second kappa shape index (κ2) is 8.76. The third-order valence-electron chi connectivity index (χ3n) is 5.79. The smallest absolute Gasteiger partial charge is 0.267 e. The highest BCUT2D eigenvalue weighted by molar-refractivity contribution is 5.91. The number of benzene rings is 2. The molecule has 0 saturated carbocycles. The first kappa shape index (κ1) is 20.8. The zero-order chi connectivity index (χ0) is 22.0. The highest BCUT2D eigenvalue weighted by Gasteiger charge is 2.18. The molecule has 4 aromatic rings. The Hall–Kier alpha value is -3.41. The van der Waals surface area contributed by atoms with Gasteiger partial charge in [0.05, 0.1) is 19.2 Å². The van der Waals surface area contributed by atoms with Crippen LogP contribution >= 0.6 is 0 Å². The number of para-hydroxylation sites is 1. The van der Waals surface area contributed by atoms with Crippen LogP contribution in [0.15, 0.2) is 58.1 Å². The first-order valence-corrected chi connectivity index (χ1v) is 10.7. The number of hydrogen-bond donors (Lipinski definition) is 0. The van der Waals surface area contributed by atoms with E-state index in [0.717, 1.165) is 36.1 Å². The van der Waals surface area contributed by atoms with E-state index in [-0.39, 0.29) is 16.4 Å². The summed E-state index contributed by atoms with van der Waals surface area (Å²) >= 11 is 0. The Morgan fingerprint density at radius 1 is 1.00 bits per heavy atom. The van der Waals surface area contributed by atoms with Crippen LogP contribution < -0.4 is 15.7 Å². The van der Waals surface area contributed by atoms with Gasteiger partial charge in [0.25, 0.3) is 5.56 Å². The summed E-state index contributed by atoms with van der Waals surface area (Å²) < 4.78 is 8.75. The van der Waals surface area contributed by atoms with Crippen molar-refractivity contribution in [2.24, 2.45) is 7.05 Å². The van der Waals surface area contributed by atoms with Crippen molar-refractivity contribution in [1.82, 2.24) is 14.1 Å². The van der Waals surface area contributed by atoms with Crippen molar-refractivity contribution in [2.75, 3.05) is 7.11 Å². The lowest BCUT2D eigenvalue weighted by molar-refractivity contribution is 0.414. The monoisotopic (exact) mass is 417 g/mol. The van der Waals surface area contributed by atoms with E-state index in [1.165, 1.54) is 0 Å². The molecule has 0 aliphatic heterocycles. The van der Waals surface area contributed by atoms with E-state index in [1.54, 1.807) is 17.7 Å². The Morgan fingerprint density at radius 2 is 1.74 bits per heavy atom. The lowest BCUT2D eigenvalue weighted by Gasteiger charge is -2.16. The molecule has 0 fully saturated rings. The molecular formula is C25H27N3O3. The normalized spacial score (nSPS) is 11.3. The predicted molar refractivity (Wildman–Crippen MR) is 124 cm³/mol. The fourth-order valence-electron chi connectivity index (χ4n) is 4.04. The average molecular weight is 418 g/mol. The third-order valence-corrected chi connectivity index (χ3v) is 5.79. The molecule has 0 aliphatic carbocycles. The number of aromatic nitrogens is 3.